The van der Waals surface area contributed by atoms with Gasteiger partial charge in [-0.1, -0.05) is 54.6 Å². The van der Waals surface area contributed by atoms with Gasteiger partial charge in [0.1, 0.15) is 27.7 Å². The van der Waals surface area contributed by atoms with Crippen molar-refractivity contribution in [3.63, 3.8) is 0 Å². The van der Waals surface area contributed by atoms with Crippen LogP contribution in [0.1, 0.15) is 66.2 Å². The number of hydrogen-bond donors (Lipinski definition) is 1. The van der Waals surface area contributed by atoms with Gasteiger partial charge in [-0.05, 0) is 126 Å². The van der Waals surface area contributed by atoms with Crippen LogP contribution in [0.4, 0.5) is 4.79 Å². The first-order chi connectivity index (χ1) is 31.7. The van der Waals surface area contributed by atoms with E-state index in [0.717, 1.165) is 22.3 Å². The van der Waals surface area contributed by atoms with Gasteiger partial charge in [-0.2, -0.15) is 4.31 Å². The summed E-state index contributed by atoms with van der Waals surface area (Å²) >= 11 is 1.46. The summed E-state index contributed by atoms with van der Waals surface area (Å²) in [6.07, 6.45) is 0.814. The molecule has 0 saturated carbocycles. The van der Waals surface area contributed by atoms with Crippen molar-refractivity contribution in [2.45, 2.75) is 80.4 Å². The summed E-state index contributed by atoms with van der Waals surface area (Å²) < 4.78 is 57.7. The van der Waals surface area contributed by atoms with E-state index in [0.29, 0.717) is 70.3 Å². The summed E-state index contributed by atoms with van der Waals surface area (Å²) in [6, 6.07) is 31.4. The number of nitrogens with zero attached hydrogens (tertiary/aromatic N) is 6. The number of amides is 2. The predicted octanol–water partition coefficient (Wildman–Crippen LogP) is 8.21. The third kappa shape index (κ3) is 10.2. The summed E-state index contributed by atoms with van der Waals surface area (Å²) in [5.74, 6) is 1.98. The number of hydrogen-bond acceptors (Lipinski definition) is 12. The van der Waals surface area contributed by atoms with E-state index in [-0.39, 0.29) is 54.1 Å². The molecule has 6 aromatic rings. The van der Waals surface area contributed by atoms with Crippen LogP contribution in [0.5, 0.6) is 17.2 Å². The summed E-state index contributed by atoms with van der Waals surface area (Å²) in [5.41, 5.74) is 4.47. The Morgan fingerprint density at radius 1 is 0.773 bits per heavy atom. The van der Waals surface area contributed by atoms with E-state index < -0.39 is 15.6 Å². The van der Waals surface area contributed by atoms with Crippen molar-refractivity contribution in [1.29, 1.82) is 0 Å². The zero-order valence-electron chi connectivity index (χ0n) is 37.8. The Hall–Kier alpha value is -6.43. The number of tetrazole rings is 1. The molecule has 2 aliphatic heterocycles. The number of methoxy groups -OCH3 is 3. The van der Waals surface area contributed by atoms with Gasteiger partial charge in [-0.15, -0.1) is 16.9 Å². The molecular weight excluding hydrogens is 879 g/mol. The lowest BCUT2D eigenvalue weighted by molar-refractivity contribution is 0.0219. The van der Waals surface area contributed by atoms with Crippen molar-refractivity contribution in [3.8, 4) is 39.8 Å². The minimum absolute atomic E-state index is 0.0103. The lowest BCUT2D eigenvalue weighted by Gasteiger charge is -2.33. The number of likely N-dealkylation sites (tertiary alicyclic amines) is 1. The second-order valence-electron chi connectivity index (χ2n) is 17.1. The lowest BCUT2D eigenvalue weighted by atomic mass is 9.93. The van der Waals surface area contributed by atoms with E-state index in [9.17, 15) is 9.59 Å². The molecule has 1 fully saturated rings. The monoisotopic (exact) mass is 931 g/mol. The van der Waals surface area contributed by atoms with E-state index >= 15 is 8.42 Å². The van der Waals surface area contributed by atoms with Crippen LogP contribution >= 0.6 is 11.8 Å². The predicted molar refractivity (Wildman–Crippen MR) is 251 cm³/mol. The summed E-state index contributed by atoms with van der Waals surface area (Å²) in [5, 5.41) is 16.1. The SMILES string of the molecule is COc1ccc(CN(Cc2ccc(OC)cc2)S(=O)(=O)c2c(SC3CCN(C(=O)OC(C)(C)C)CC3)ccc(-c3cccc4c3CNC4=O)c2-c2nnnn2Cc2ccc(OC)cc2)cc1. The molecule has 15 nitrogen and oxygen atoms in total. The van der Waals surface area contributed by atoms with Gasteiger partial charge in [0.15, 0.2) is 5.82 Å². The second-order valence-corrected chi connectivity index (χ2v) is 20.3. The Kier molecular flexibility index (Phi) is 13.7. The maximum absolute atomic E-state index is 16.3. The van der Waals surface area contributed by atoms with Crippen LogP contribution in [-0.4, -0.2) is 95.1 Å². The van der Waals surface area contributed by atoms with Crippen LogP contribution in [0.3, 0.4) is 0 Å². The molecule has 5 aromatic carbocycles. The number of piperidine rings is 1. The van der Waals surface area contributed by atoms with Crippen LogP contribution in [-0.2, 0) is 40.9 Å². The van der Waals surface area contributed by atoms with Gasteiger partial charge in [-0.25, -0.2) is 17.9 Å². The first-order valence-electron chi connectivity index (χ1n) is 21.6. The molecule has 0 bridgehead atoms. The highest BCUT2D eigenvalue weighted by Gasteiger charge is 2.37. The van der Waals surface area contributed by atoms with Gasteiger partial charge >= 0.3 is 6.09 Å². The van der Waals surface area contributed by atoms with Crippen LogP contribution in [0.25, 0.3) is 22.5 Å². The van der Waals surface area contributed by atoms with E-state index in [1.165, 1.54) is 16.1 Å². The van der Waals surface area contributed by atoms with Crippen molar-refractivity contribution in [2.24, 2.45) is 0 Å². The highest BCUT2D eigenvalue weighted by atomic mass is 32.2. The zero-order chi connectivity index (χ0) is 46.6. The Morgan fingerprint density at radius 3 is 1.89 bits per heavy atom. The van der Waals surface area contributed by atoms with Crippen LogP contribution in [0.2, 0.25) is 0 Å². The second kappa shape index (κ2) is 19.6. The Balaban J connectivity index is 1.33. The number of nitrogens with one attached hydrogen (secondary N) is 1. The first kappa shape index (κ1) is 46.1. The largest absolute Gasteiger partial charge is 0.497 e. The topological polar surface area (TPSA) is 167 Å². The Labute approximate surface area is 389 Å². The Bertz CT molecular complexity index is 2750. The minimum atomic E-state index is -4.51. The van der Waals surface area contributed by atoms with Gasteiger partial charge < -0.3 is 29.2 Å². The Morgan fingerprint density at radius 2 is 1.33 bits per heavy atom. The van der Waals surface area contributed by atoms with Crippen molar-refractivity contribution < 1.29 is 37.0 Å². The summed E-state index contributed by atoms with van der Waals surface area (Å²) in [4.78, 5) is 28.4. The fourth-order valence-corrected chi connectivity index (χ4v) is 11.4. The van der Waals surface area contributed by atoms with E-state index in [4.69, 9.17) is 18.9 Å². The van der Waals surface area contributed by atoms with Crippen LogP contribution in [0, 0.1) is 0 Å². The van der Waals surface area contributed by atoms with Crippen molar-refractivity contribution in [3.05, 3.63) is 131 Å². The maximum Gasteiger partial charge on any atom is 0.410 e. The zero-order valence-corrected chi connectivity index (χ0v) is 39.4. The number of sulfonamides is 1. The fourth-order valence-electron chi connectivity index (χ4n) is 8.15. The number of carbonyl (C=O) groups is 2. The summed E-state index contributed by atoms with van der Waals surface area (Å²) in [7, 11) is 0.261. The fraction of sp³-hybridized carbons (Fsp3) is 0.327. The molecule has 3 heterocycles. The highest BCUT2D eigenvalue weighted by molar-refractivity contribution is 8.00. The molecule has 0 unspecified atom stereocenters. The maximum atomic E-state index is 16.3. The number of benzene rings is 5. The number of fused-ring (bicyclic) bond motifs is 1. The van der Waals surface area contributed by atoms with Gasteiger partial charge in [0.2, 0.25) is 10.0 Å². The molecule has 1 N–H and O–H groups in total. The standard InChI is InChI=1S/C49H53N7O8S2/c1-49(2,3)64-48(58)54-26-24-38(25-27-54)65-43-23-22-40(39-8-7-9-41-42(39)28-50-47(41)57)44(46-51-52-53-56(46)31-34-14-20-37(63-6)21-15-34)45(43)66(59,60)55(29-32-10-16-35(61-4)17-11-32)30-33-12-18-36(62-5)19-13-33/h7-23,38H,24-31H2,1-6H3,(H,50,57). The third-order valence-corrected chi connectivity index (χ3v) is 14.9. The molecule has 0 radical (unpaired) electrons. The number of aromatic nitrogens is 4. The van der Waals surface area contributed by atoms with E-state index in [2.05, 4.69) is 20.8 Å². The molecule has 2 aliphatic rings. The molecule has 1 saturated heterocycles. The van der Waals surface area contributed by atoms with Gasteiger partial charge in [0.05, 0.1) is 27.9 Å². The first-order valence-corrected chi connectivity index (χ1v) is 23.9. The average Bonchev–Trinajstić information content (AvgIpc) is 3.94. The van der Waals surface area contributed by atoms with Gasteiger partial charge in [-0.3, -0.25) is 4.79 Å². The van der Waals surface area contributed by atoms with Crippen molar-refractivity contribution in [2.75, 3.05) is 34.4 Å². The molecule has 2 amide bonds. The molecule has 344 valence electrons. The average molecular weight is 932 g/mol. The van der Waals surface area contributed by atoms with Gasteiger partial charge in [0.25, 0.3) is 5.91 Å². The van der Waals surface area contributed by atoms with Crippen molar-refractivity contribution in [1.82, 2.24) is 34.7 Å². The number of thioether (sulfide) groups is 1. The molecule has 8 rings (SSSR count). The van der Waals surface area contributed by atoms with Crippen molar-refractivity contribution >= 4 is 33.8 Å². The lowest BCUT2D eigenvalue weighted by Crippen LogP contribution is -2.42. The molecule has 17 heteroatoms. The molecule has 0 atom stereocenters. The van der Waals surface area contributed by atoms with Gasteiger partial charge in [0, 0.05) is 54.0 Å². The normalized spacial score (nSPS) is 14.2. The number of carbonyl (C=O) groups excluding carboxylic acids is 2. The highest BCUT2D eigenvalue weighted by Crippen LogP contribution is 2.47. The molecular formula is C49H53N7O8S2. The molecule has 66 heavy (non-hydrogen) atoms. The van der Waals surface area contributed by atoms with Crippen LogP contribution < -0.4 is 19.5 Å². The smallest absolute Gasteiger partial charge is 0.410 e. The van der Waals surface area contributed by atoms with E-state index in [1.54, 1.807) is 43.0 Å². The number of rotatable bonds is 15. The third-order valence-electron chi connectivity index (χ3n) is 11.5. The molecule has 1 aromatic heterocycles. The summed E-state index contributed by atoms with van der Waals surface area (Å²) in [6.45, 7) is 6.90. The quantitative estimate of drug-likeness (QED) is 0.105. The van der Waals surface area contributed by atoms with Crippen LogP contribution in [0.15, 0.2) is 113 Å². The molecule has 0 spiro atoms. The number of ether oxygens (including phenoxy) is 4. The minimum Gasteiger partial charge on any atom is -0.497 e. The van der Waals surface area contributed by atoms with E-state index in [1.807, 2.05) is 112 Å². The molecule has 0 aliphatic carbocycles.